The lowest BCUT2D eigenvalue weighted by atomic mass is 10.1. The minimum Gasteiger partial charge on any atom is -0.352 e. The third-order valence-corrected chi connectivity index (χ3v) is 5.74. The maximum atomic E-state index is 12.3. The zero-order chi connectivity index (χ0) is 22.8. The number of carbonyl (C=O) groups excluding carboxylic acids is 2. The summed E-state index contributed by atoms with van der Waals surface area (Å²) in [6.07, 6.45) is 0.907. The molecule has 0 bridgehead atoms. The van der Waals surface area contributed by atoms with Crippen molar-refractivity contribution >= 4 is 17.6 Å². The van der Waals surface area contributed by atoms with Gasteiger partial charge in [-0.2, -0.15) is 0 Å². The van der Waals surface area contributed by atoms with Gasteiger partial charge in [0.1, 0.15) is 0 Å². The highest BCUT2D eigenvalue weighted by atomic mass is 16.2. The number of carbonyl (C=O) groups is 2. The molecular formula is C25H35N5O2. The van der Waals surface area contributed by atoms with Gasteiger partial charge >= 0.3 is 6.03 Å². The van der Waals surface area contributed by atoms with Crippen LogP contribution in [-0.2, 0) is 6.54 Å². The van der Waals surface area contributed by atoms with Crippen LogP contribution in [0.4, 0.5) is 10.5 Å². The summed E-state index contributed by atoms with van der Waals surface area (Å²) in [7, 11) is 0. The minimum atomic E-state index is -0.242. The number of hydrogen-bond acceptors (Lipinski definition) is 4. The van der Waals surface area contributed by atoms with E-state index in [0.717, 1.165) is 51.3 Å². The lowest BCUT2D eigenvalue weighted by Crippen LogP contribution is -2.46. The highest BCUT2D eigenvalue weighted by Crippen LogP contribution is 2.17. The van der Waals surface area contributed by atoms with E-state index < -0.39 is 0 Å². The molecule has 0 aromatic heterocycles. The second-order valence-corrected chi connectivity index (χ2v) is 8.23. The van der Waals surface area contributed by atoms with Crippen molar-refractivity contribution in [1.29, 1.82) is 0 Å². The van der Waals surface area contributed by atoms with Crippen molar-refractivity contribution in [1.82, 2.24) is 20.4 Å². The Balaban J connectivity index is 1.34. The molecule has 0 saturated carbocycles. The van der Waals surface area contributed by atoms with E-state index in [2.05, 4.69) is 56.1 Å². The molecule has 2 aromatic carbocycles. The van der Waals surface area contributed by atoms with Crippen LogP contribution in [0.3, 0.4) is 0 Å². The van der Waals surface area contributed by atoms with Gasteiger partial charge in [0.25, 0.3) is 5.91 Å². The van der Waals surface area contributed by atoms with E-state index in [1.165, 1.54) is 5.56 Å². The molecule has 2 aromatic rings. The topological polar surface area (TPSA) is 76.7 Å². The minimum absolute atomic E-state index is 0.139. The predicted octanol–water partition coefficient (Wildman–Crippen LogP) is 3.07. The number of aryl methyl sites for hydroxylation is 1. The Morgan fingerprint density at radius 1 is 0.938 bits per heavy atom. The van der Waals surface area contributed by atoms with Crippen LogP contribution in [0.5, 0.6) is 0 Å². The first-order chi connectivity index (χ1) is 15.5. The van der Waals surface area contributed by atoms with Crippen molar-refractivity contribution in [3.8, 4) is 0 Å². The summed E-state index contributed by atoms with van der Waals surface area (Å²) in [5, 5.41) is 8.56. The first kappa shape index (κ1) is 23.8. The fraction of sp³-hybridized carbons (Fsp3) is 0.440. The van der Waals surface area contributed by atoms with Gasteiger partial charge in [0.2, 0.25) is 0 Å². The predicted molar refractivity (Wildman–Crippen MR) is 129 cm³/mol. The van der Waals surface area contributed by atoms with Crippen molar-refractivity contribution < 1.29 is 9.59 Å². The molecule has 0 unspecified atom stereocenters. The Morgan fingerprint density at radius 2 is 1.66 bits per heavy atom. The zero-order valence-electron chi connectivity index (χ0n) is 19.2. The average molecular weight is 438 g/mol. The monoisotopic (exact) mass is 437 g/mol. The smallest absolute Gasteiger partial charge is 0.319 e. The molecule has 1 saturated heterocycles. The van der Waals surface area contributed by atoms with Crippen LogP contribution in [0.15, 0.2) is 48.5 Å². The van der Waals surface area contributed by atoms with Gasteiger partial charge in [-0.3, -0.25) is 9.69 Å². The SMILES string of the molecule is CCNC(=O)c1ccc(C)c(NC(=O)NCCCN2CCN(Cc3ccccc3)CC2)c1. The molecule has 0 atom stereocenters. The van der Waals surface area contributed by atoms with E-state index in [-0.39, 0.29) is 11.9 Å². The van der Waals surface area contributed by atoms with Crippen molar-refractivity contribution in [3.63, 3.8) is 0 Å². The summed E-state index contributed by atoms with van der Waals surface area (Å²) >= 11 is 0. The molecule has 1 aliphatic heterocycles. The lowest BCUT2D eigenvalue weighted by Gasteiger charge is -2.34. The molecule has 0 radical (unpaired) electrons. The lowest BCUT2D eigenvalue weighted by molar-refractivity contribution is 0.0956. The van der Waals surface area contributed by atoms with Gasteiger partial charge in [-0.15, -0.1) is 0 Å². The summed E-state index contributed by atoms with van der Waals surface area (Å²) in [6.45, 7) is 11.2. The molecule has 7 nitrogen and oxygen atoms in total. The highest BCUT2D eigenvalue weighted by molar-refractivity contribution is 5.97. The van der Waals surface area contributed by atoms with Crippen molar-refractivity contribution in [3.05, 3.63) is 65.2 Å². The van der Waals surface area contributed by atoms with Gasteiger partial charge in [-0.25, -0.2) is 4.79 Å². The van der Waals surface area contributed by atoms with Gasteiger partial charge in [-0.1, -0.05) is 36.4 Å². The fourth-order valence-electron chi connectivity index (χ4n) is 3.84. The molecular weight excluding hydrogens is 402 g/mol. The maximum Gasteiger partial charge on any atom is 0.319 e. The first-order valence-corrected chi connectivity index (χ1v) is 11.5. The Labute approximate surface area is 191 Å². The Bertz CT molecular complexity index is 879. The van der Waals surface area contributed by atoms with Crippen LogP contribution in [0, 0.1) is 6.92 Å². The summed E-state index contributed by atoms with van der Waals surface area (Å²) in [5.41, 5.74) is 3.48. The molecule has 1 fully saturated rings. The molecule has 3 amide bonds. The number of hydrogen-bond donors (Lipinski definition) is 3. The molecule has 1 heterocycles. The van der Waals surface area contributed by atoms with E-state index in [1.807, 2.05) is 19.9 Å². The van der Waals surface area contributed by atoms with Crippen LogP contribution < -0.4 is 16.0 Å². The number of rotatable bonds is 9. The fourth-order valence-corrected chi connectivity index (χ4v) is 3.84. The number of nitrogens with one attached hydrogen (secondary N) is 3. The van der Waals surface area contributed by atoms with Crippen LogP contribution in [0.1, 0.15) is 34.8 Å². The molecule has 3 N–H and O–H groups in total. The number of amides is 3. The standard InChI is InChI=1S/C25H35N5O2/c1-3-26-24(31)22-11-10-20(2)23(18-22)28-25(32)27-12-7-13-29-14-16-30(17-15-29)19-21-8-5-4-6-9-21/h4-6,8-11,18H,3,7,12-17,19H2,1-2H3,(H,26,31)(H2,27,28,32). The van der Waals surface area contributed by atoms with E-state index in [4.69, 9.17) is 0 Å². The largest absolute Gasteiger partial charge is 0.352 e. The summed E-state index contributed by atoms with van der Waals surface area (Å²) < 4.78 is 0. The summed E-state index contributed by atoms with van der Waals surface area (Å²) in [5.74, 6) is -0.139. The van der Waals surface area contributed by atoms with Crippen LogP contribution in [-0.4, -0.2) is 67.6 Å². The second kappa shape index (κ2) is 12.2. The van der Waals surface area contributed by atoms with Gasteiger partial charge in [0, 0.05) is 57.1 Å². The van der Waals surface area contributed by atoms with E-state index in [9.17, 15) is 9.59 Å². The Kier molecular flexibility index (Phi) is 9.07. The van der Waals surface area contributed by atoms with Gasteiger partial charge in [0.15, 0.2) is 0 Å². The number of anilines is 1. The van der Waals surface area contributed by atoms with Crippen LogP contribution in [0.2, 0.25) is 0 Å². The molecule has 3 rings (SSSR count). The summed E-state index contributed by atoms with van der Waals surface area (Å²) in [6, 6.07) is 15.7. The van der Waals surface area contributed by atoms with Crippen molar-refractivity contribution in [2.75, 3.05) is 51.1 Å². The van der Waals surface area contributed by atoms with E-state index in [0.29, 0.717) is 24.3 Å². The van der Waals surface area contributed by atoms with Gasteiger partial charge in [-0.05, 0) is 50.1 Å². The summed E-state index contributed by atoms with van der Waals surface area (Å²) in [4.78, 5) is 29.3. The molecule has 172 valence electrons. The maximum absolute atomic E-state index is 12.3. The van der Waals surface area contributed by atoms with Gasteiger partial charge < -0.3 is 20.9 Å². The average Bonchev–Trinajstić information content (AvgIpc) is 2.80. The number of nitrogens with zero attached hydrogens (tertiary/aromatic N) is 2. The Hall–Kier alpha value is -2.90. The molecule has 0 aliphatic carbocycles. The first-order valence-electron chi connectivity index (χ1n) is 11.5. The zero-order valence-corrected chi connectivity index (χ0v) is 19.2. The number of urea groups is 1. The number of benzene rings is 2. The number of piperazine rings is 1. The third-order valence-electron chi connectivity index (χ3n) is 5.74. The van der Waals surface area contributed by atoms with E-state index in [1.54, 1.807) is 12.1 Å². The quantitative estimate of drug-likeness (QED) is 0.527. The van der Waals surface area contributed by atoms with E-state index >= 15 is 0 Å². The van der Waals surface area contributed by atoms with Crippen molar-refractivity contribution in [2.45, 2.75) is 26.8 Å². The van der Waals surface area contributed by atoms with Gasteiger partial charge in [0.05, 0.1) is 0 Å². The Morgan fingerprint density at radius 3 is 2.38 bits per heavy atom. The van der Waals surface area contributed by atoms with Crippen molar-refractivity contribution in [2.24, 2.45) is 0 Å². The highest BCUT2D eigenvalue weighted by Gasteiger charge is 2.16. The molecule has 7 heteroatoms. The normalized spacial score (nSPS) is 14.7. The second-order valence-electron chi connectivity index (χ2n) is 8.23. The van der Waals surface area contributed by atoms with Crippen LogP contribution >= 0.6 is 0 Å². The molecule has 1 aliphatic rings. The van der Waals surface area contributed by atoms with Crippen LogP contribution in [0.25, 0.3) is 0 Å². The third kappa shape index (κ3) is 7.35. The molecule has 32 heavy (non-hydrogen) atoms. The molecule has 0 spiro atoms.